The van der Waals surface area contributed by atoms with Crippen molar-refractivity contribution in [3.63, 3.8) is 0 Å². The molecule has 2 fully saturated rings. The van der Waals surface area contributed by atoms with Gasteiger partial charge in [0.15, 0.2) is 11.6 Å². The van der Waals surface area contributed by atoms with Crippen LogP contribution >= 0.6 is 0 Å². The van der Waals surface area contributed by atoms with E-state index < -0.39 is 5.54 Å². The topological polar surface area (TPSA) is 227 Å². The summed E-state index contributed by atoms with van der Waals surface area (Å²) in [5, 5.41) is 40.4. The number of aromatic amines is 2. The molecule has 17 heteroatoms. The Morgan fingerprint density at radius 3 is 1.94 bits per heavy atom. The van der Waals surface area contributed by atoms with Gasteiger partial charge in [-0.3, -0.25) is 19.8 Å². The Bertz CT molecular complexity index is 3070. The van der Waals surface area contributed by atoms with E-state index in [0.717, 1.165) is 69.1 Å². The number of rotatable bonds is 15. The molecule has 2 aliphatic carbocycles. The van der Waals surface area contributed by atoms with Gasteiger partial charge in [-0.25, -0.2) is 9.36 Å². The van der Waals surface area contributed by atoms with Crippen molar-refractivity contribution in [1.29, 1.82) is 0 Å². The Hall–Kier alpha value is -7.40. The van der Waals surface area contributed by atoms with E-state index >= 15 is 0 Å². The van der Waals surface area contributed by atoms with Gasteiger partial charge in [-0.1, -0.05) is 38.1 Å². The number of nitrogens with two attached hydrogens (primary N) is 1. The van der Waals surface area contributed by atoms with Gasteiger partial charge in [0.05, 0.1) is 23.4 Å². The highest BCUT2D eigenvalue weighted by Gasteiger charge is 2.44. The number of nitrogens with zero attached hydrogens (tertiary/aromatic N) is 8. The van der Waals surface area contributed by atoms with Crippen LogP contribution < -0.4 is 27.0 Å². The van der Waals surface area contributed by atoms with Crippen molar-refractivity contribution in [3.8, 4) is 22.8 Å². The van der Waals surface area contributed by atoms with E-state index in [2.05, 4.69) is 67.6 Å². The number of fused-ring (bicyclic) bond motifs is 2. The monoisotopic (exact) mass is 871 g/mol. The second-order valence-corrected chi connectivity index (χ2v) is 18.6. The maximum atomic E-state index is 12.7. The zero-order chi connectivity index (χ0) is 45.1. The minimum absolute atomic E-state index is 0.0953. The third kappa shape index (κ3) is 8.42. The average molecular weight is 872 g/mol. The fourth-order valence-electron chi connectivity index (χ4n) is 8.60. The van der Waals surface area contributed by atoms with Gasteiger partial charge in [-0.15, -0.1) is 10.2 Å². The average Bonchev–Trinajstić information content (AvgIpc) is 4.05. The molecular weight excluding hydrogens is 819 g/mol. The first-order valence-corrected chi connectivity index (χ1v) is 22.2. The summed E-state index contributed by atoms with van der Waals surface area (Å²) in [7, 11) is 3.75. The molecule has 2 saturated carbocycles. The molecule has 2 atom stereocenters. The summed E-state index contributed by atoms with van der Waals surface area (Å²) >= 11 is 0. The van der Waals surface area contributed by atoms with Crippen LogP contribution in [0.25, 0.3) is 44.6 Å². The summed E-state index contributed by atoms with van der Waals surface area (Å²) in [6.07, 6.45) is 6.99. The van der Waals surface area contributed by atoms with Crippen molar-refractivity contribution in [1.82, 2.24) is 60.6 Å². The number of H-pyrrole nitrogens is 2. The SMILES string of the molecule is CC(C)CNC(=O)c1ccc(-c2nc(Nc3cc(C4CC4c4c(Nc5nc(-c6ccc(C(=O)NCC(C)(C)N)cc6)nn5C)ccc5[nH]ncc45)c4[nH]ncc4c3C3CC3)n(C)n2)cc1. The molecule has 4 aromatic carbocycles. The lowest BCUT2D eigenvalue weighted by Crippen LogP contribution is -2.45. The van der Waals surface area contributed by atoms with Crippen molar-refractivity contribution in [2.45, 2.75) is 70.3 Å². The normalized spacial score (nSPS) is 16.1. The first kappa shape index (κ1) is 41.6. The quantitative estimate of drug-likeness (QED) is 0.0533. The summed E-state index contributed by atoms with van der Waals surface area (Å²) in [6, 6.07) is 21.1. The molecule has 4 aromatic heterocycles. The molecule has 0 aliphatic heterocycles. The molecule has 0 spiro atoms. The Labute approximate surface area is 375 Å². The predicted molar refractivity (Wildman–Crippen MR) is 251 cm³/mol. The van der Waals surface area contributed by atoms with Crippen LogP contribution in [0.1, 0.15) is 102 Å². The number of anilines is 4. The maximum Gasteiger partial charge on any atom is 0.251 e. The smallest absolute Gasteiger partial charge is 0.251 e. The number of aromatic nitrogens is 10. The van der Waals surface area contributed by atoms with E-state index in [1.807, 2.05) is 82.8 Å². The fourth-order valence-corrected chi connectivity index (χ4v) is 8.60. The van der Waals surface area contributed by atoms with Gasteiger partial charge >= 0.3 is 0 Å². The van der Waals surface area contributed by atoms with E-state index in [1.165, 1.54) is 11.1 Å². The van der Waals surface area contributed by atoms with E-state index in [0.29, 0.717) is 59.6 Å². The first-order valence-electron chi connectivity index (χ1n) is 22.2. The molecule has 17 nitrogen and oxygen atoms in total. The Balaban J connectivity index is 0.922. The van der Waals surface area contributed by atoms with Crippen molar-refractivity contribution in [3.05, 3.63) is 107 Å². The molecule has 2 unspecified atom stereocenters. The van der Waals surface area contributed by atoms with Gasteiger partial charge in [-0.05, 0) is 116 Å². The summed E-state index contributed by atoms with van der Waals surface area (Å²) < 4.78 is 3.50. The molecular formula is C48H53N15O2. The molecule has 2 aliphatic rings. The van der Waals surface area contributed by atoms with E-state index in [4.69, 9.17) is 25.9 Å². The second-order valence-electron chi connectivity index (χ2n) is 18.6. The third-order valence-corrected chi connectivity index (χ3v) is 12.2. The number of benzene rings is 4. The number of carbonyl (C=O) groups is 2. The fraction of sp³-hybridized carbons (Fsp3) is 0.333. The van der Waals surface area contributed by atoms with Crippen molar-refractivity contribution < 1.29 is 9.59 Å². The van der Waals surface area contributed by atoms with Crippen LogP contribution in [0.15, 0.2) is 79.1 Å². The first-order chi connectivity index (χ1) is 31.3. The summed E-state index contributed by atoms with van der Waals surface area (Å²) in [5.74, 6) is 3.15. The number of nitrogens with one attached hydrogen (secondary N) is 6. The van der Waals surface area contributed by atoms with Gasteiger partial charge in [0.1, 0.15) is 0 Å². The molecule has 0 bridgehead atoms. The number of amides is 2. The van der Waals surface area contributed by atoms with Crippen LogP contribution in [0.3, 0.4) is 0 Å². The Morgan fingerprint density at radius 2 is 1.34 bits per heavy atom. The highest BCUT2D eigenvalue weighted by Crippen LogP contribution is 2.60. The molecule has 0 saturated heterocycles. The van der Waals surface area contributed by atoms with Crippen molar-refractivity contribution in [2.75, 3.05) is 23.7 Å². The van der Waals surface area contributed by atoms with Crippen LogP contribution in [0.4, 0.5) is 23.3 Å². The molecule has 2 amide bonds. The van der Waals surface area contributed by atoms with Gasteiger partial charge in [0.25, 0.3) is 11.8 Å². The van der Waals surface area contributed by atoms with Crippen LogP contribution in [-0.4, -0.2) is 80.4 Å². The number of hydrogen-bond acceptors (Lipinski definition) is 11. The predicted octanol–water partition coefficient (Wildman–Crippen LogP) is 7.52. The van der Waals surface area contributed by atoms with E-state index in [-0.39, 0.29) is 23.7 Å². The van der Waals surface area contributed by atoms with Crippen molar-refractivity contribution in [2.24, 2.45) is 25.7 Å². The molecule has 4 heterocycles. The molecule has 0 radical (unpaired) electrons. The van der Waals surface area contributed by atoms with Crippen LogP contribution in [0, 0.1) is 5.92 Å². The number of carbonyl (C=O) groups excluding carboxylic acids is 2. The third-order valence-electron chi connectivity index (χ3n) is 12.2. The summed E-state index contributed by atoms with van der Waals surface area (Å²) in [4.78, 5) is 35.2. The summed E-state index contributed by atoms with van der Waals surface area (Å²) in [5.41, 5.74) is 15.8. The van der Waals surface area contributed by atoms with E-state index in [1.54, 1.807) is 21.5 Å². The van der Waals surface area contributed by atoms with Gasteiger partial charge in [0.2, 0.25) is 11.9 Å². The molecule has 65 heavy (non-hydrogen) atoms. The Kier molecular flexibility index (Phi) is 10.4. The van der Waals surface area contributed by atoms with Gasteiger partial charge in [-0.2, -0.15) is 20.2 Å². The molecule has 10 rings (SSSR count). The highest BCUT2D eigenvalue weighted by molar-refractivity contribution is 5.96. The minimum atomic E-state index is -0.510. The Morgan fingerprint density at radius 1 is 0.754 bits per heavy atom. The van der Waals surface area contributed by atoms with Crippen LogP contribution in [0.5, 0.6) is 0 Å². The lowest BCUT2D eigenvalue weighted by Gasteiger charge is -2.18. The largest absolute Gasteiger partial charge is 0.352 e. The van der Waals surface area contributed by atoms with Gasteiger partial charge in [0, 0.05) is 77.1 Å². The second kappa shape index (κ2) is 16.3. The van der Waals surface area contributed by atoms with E-state index in [9.17, 15) is 9.59 Å². The standard InChI is InChI=1S/C48H53N15O2/c1-25(2)21-50-44(64)29-13-9-27(10-14-29)43-57-47(63(6)61-43)55-38-20-33(41-35(23-53-59-41)39(38)26-7-8-26)31-19-32(31)40-34-22-52-58-36(34)17-18-37(40)54-46-56-42(60-62(46)5)28-11-15-30(16-12-28)45(65)51-24-48(3,4)49/h9-18,20,22-23,25-26,31-32H,7-8,19,21,24,49H2,1-6H3,(H,50,64)(H,51,65)(H,52,58)(H,53,59)(H,54,56,60)(H,55,57,61). The van der Waals surface area contributed by atoms with Crippen LogP contribution in [0.2, 0.25) is 0 Å². The highest BCUT2D eigenvalue weighted by atomic mass is 16.2. The van der Waals surface area contributed by atoms with Crippen molar-refractivity contribution >= 4 is 56.9 Å². The zero-order valence-corrected chi connectivity index (χ0v) is 37.3. The van der Waals surface area contributed by atoms with Gasteiger partial charge < -0.3 is 27.0 Å². The maximum absolute atomic E-state index is 12.7. The minimum Gasteiger partial charge on any atom is -0.352 e. The summed E-state index contributed by atoms with van der Waals surface area (Å²) in [6.45, 7) is 8.86. The van der Waals surface area contributed by atoms with Crippen LogP contribution in [-0.2, 0) is 14.1 Å². The number of aryl methyl sites for hydroxylation is 2. The number of hydrogen-bond donors (Lipinski definition) is 7. The molecule has 8 aromatic rings. The molecule has 8 N–H and O–H groups in total. The zero-order valence-electron chi connectivity index (χ0n) is 37.3. The molecule has 332 valence electrons. The lowest BCUT2D eigenvalue weighted by atomic mass is 9.94. The lowest BCUT2D eigenvalue weighted by molar-refractivity contribution is 0.0939.